The molecule has 0 aliphatic heterocycles. The lowest BCUT2D eigenvalue weighted by atomic mass is 10.1. The van der Waals surface area contributed by atoms with Gasteiger partial charge < -0.3 is 14.8 Å². The summed E-state index contributed by atoms with van der Waals surface area (Å²) in [6.07, 6.45) is 6.15. The molecule has 1 amide bonds. The van der Waals surface area contributed by atoms with Crippen molar-refractivity contribution in [1.82, 2.24) is 15.1 Å². The third kappa shape index (κ3) is 4.79. The predicted molar refractivity (Wildman–Crippen MR) is 108 cm³/mol. The van der Waals surface area contributed by atoms with E-state index in [1.54, 1.807) is 24.1 Å². The second-order valence-electron chi connectivity index (χ2n) is 6.12. The molecule has 2 aromatic carbocycles. The Morgan fingerprint density at radius 1 is 1.21 bits per heavy atom. The fraction of sp³-hybridized carbons (Fsp3) is 0.182. The first-order chi connectivity index (χ1) is 13.7. The zero-order chi connectivity index (χ0) is 19.8. The van der Waals surface area contributed by atoms with E-state index in [9.17, 15) is 4.79 Å². The molecule has 3 rings (SSSR count). The van der Waals surface area contributed by atoms with Gasteiger partial charge in [-0.15, -0.1) is 6.58 Å². The minimum Gasteiger partial charge on any atom is -0.493 e. The minimum absolute atomic E-state index is 0.0961. The molecule has 0 bridgehead atoms. The number of nitrogens with zero attached hydrogens (tertiary/aromatic N) is 2. The Morgan fingerprint density at radius 2 is 2.07 bits per heavy atom. The number of ether oxygens (including phenoxy) is 2. The van der Waals surface area contributed by atoms with Crippen LogP contribution in [0, 0.1) is 0 Å². The van der Waals surface area contributed by atoms with Crippen LogP contribution in [0.1, 0.15) is 11.1 Å². The molecule has 0 unspecified atom stereocenters. The Bertz CT molecular complexity index is 936. The van der Waals surface area contributed by atoms with Gasteiger partial charge in [0.25, 0.3) is 5.91 Å². The number of benzene rings is 2. The van der Waals surface area contributed by atoms with Gasteiger partial charge in [0.2, 0.25) is 0 Å². The fourth-order valence-corrected chi connectivity index (χ4v) is 2.81. The summed E-state index contributed by atoms with van der Waals surface area (Å²) in [5.41, 5.74) is 2.96. The molecule has 6 heteroatoms. The van der Waals surface area contributed by atoms with Crippen LogP contribution < -0.4 is 14.8 Å². The van der Waals surface area contributed by atoms with E-state index in [0.29, 0.717) is 18.0 Å². The average Bonchev–Trinajstić information content (AvgIpc) is 3.26. The number of carbonyl (C=O) groups excluding carboxylic acids is 1. The standard InChI is InChI=1S/C22H23N3O3/c1-3-7-17-10-11-20(21(14-17)27-2)28-16-22(26)23-15-18-8-4-5-9-19(18)25-13-6-12-24-25/h3-6,8-14H,1,7,15-16H2,2H3,(H,23,26). The number of methoxy groups -OCH3 is 1. The first-order valence-electron chi connectivity index (χ1n) is 8.96. The van der Waals surface area contributed by atoms with Crippen LogP contribution in [0.15, 0.2) is 73.6 Å². The van der Waals surface area contributed by atoms with Gasteiger partial charge in [-0.25, -0.2) is 4.68 Å². The molecule has 28 heavy (non-hydrogen) atoms. The zero-order valence-corrected chi connectivity index (χ0v) is 15.8. The van der Waals surface area contributed by atoms with Crippen molar-refractivity contribution in [2.75, 3.05) is 13.7 Å². The van der Waals surface area contributed by atoms with E-state index in [-0.39, 0.29) is 12.5 Å². The van der Waals surface area contributed by atoms with Crippen LogP contribution in [0.25, 0.3) is 5.69 Å². The van der Waals surface area contributed by atoms with Crippen molar-refractivity contribution in [3.63, 3.8) is 0 Å². The summed E-state index contributed by atoms with van der Waals surface area (Å²) in [7, 11) is 1.58. The Morgan fingerprint density at radius 3 is 2.82 bits per heavy atom. The van der Waals surface area contributed by atoms with Gasteiger partial charge in [-0.2, -0.15) is 5.10 Å². The number of carbonyl (C=O) groups is 1. The van der Waals surface area contributed by atoms with Crippen LogP contribution in [0.4, 0.5) is 0 Å². The molecule has 1 N–H and O–H groups in total. The highest BCUT2D eigenvalue weighted by molar-refractivity contribution is 5.77. The summed E-state index contributed by atoms with van der Waals surface area (Å²) in [4.78, 5) is 12.2. The van der Waals surface area contributed by atoms with Crippen molar-refractivity contribution in [1.29, 1.82) is 0 Å². The number of hydrogen-bond acceptors (Lipinski definition) is 4. The van der Waals surface area contributed by atoms with Crippen molar-refractivity contribution in [2.45, 2.75) is 13.0 Å². The highest BCUT2D eigenvalue weighted by Crippen LogP contribution is 2.28. The second-order valence-corrected chi connectivity index (χ2v) is 6.12. The smallest absolute Gasteiger partial charge is 0.258 e. The molecular formula is C22H23N3O3. The number of allylic oxidation sites excluding steroid dienone is 1. The minimum atomic E-state index is -0.215. The first-order valence-corrected chi connectivity index (χ1v) is 8.96. The van der Waals surface area contributed by atoms with E-state index in [1.165, 1.54) is 0 Å². The third-order valence-corrected chi connectivity index (χ3v) is 4.19. The van der Waals surface area contributed by atoms with Gasteiger partial charge in [-0.05, 0) is 41.8 Å². The number of nitrogens with one attached hydrogen (secondary N) is 1. The largest absolute Gasteiger partial charge is 0.493 e. The molecule has 0 aliphatic rings. The summed E-state index contributed by atoms with van der Waals surface area (Å²) in [6.45, 7) is 4.02. The summed E-state index contributed by atoms with van der Waals surface area (Å²) in [5.74, 6) is 0.908. The second kappa shape index (κ2) is 9.41. The maximum Gasteiger partial charge on any atom is 0.258 e. The molecule has 0 fully saturated rings. The van der Waals surface area contributed by atoms with Crippen LogP contribution in [0.2, 0.25) is 0 Å². The summed E-state index contributed by atoms with van der Waals surface area (Å²) >= 11 is 0. The van der Waals surface area contributed by atoms with Crippen LogP contribution >= 0.6 is 0 Å². The Kier molecular flexibility index (Phi) is 6.46. The summed E-state index contributed by atoms with van der Waals surface area (Å²) < 4.78 is 12.8. The molecule has 1 heterocycles. The monoisotopic (exact) mass is 377 g/mol. The lowest BCUT2D eigenvalue weighted by Crippen LogP contribution is -2.28. The highest BCUT2D eigenvalue weighted by atomic mass is 16.5. The lowest BCUT2D eigenvalue weighted by molar-refractivity contribution is -0.123. The molecule has 0 spiro atoms. The number of rotatable bonds is 9. The molecule has 144 valence electrons. The Balaban J connectivity index is 1.58. The normalized spacial score (nSPS) is 10.3. The average molecular weight is 377 g/mol. The van der Waals surface area contributed by atoms with Crippen LogP contribution in [-0.2, 0) is 17.8 Å². The molecule has 0 saturated heterocycles. The van der Waals surface area contributed by atoms with Gasteiger partial charge in [-0.1, -0.05) is 30.3 Å². The van der Waals surface area contributed by atoms with Crippen LogP contribution in [0.3, 0.4) is 0 Å². The molecule has 6 nitrogen and oxygen atoms in total. The quantitative estimate of drug-likeness (QED) is 0.581. The highest BCUT2D eigenvalue weighted by Gasteiger charge is 2.10. The lowest BCUT2D eigenvalue weighted by Gasteiger charge is -2.13. The molecule has 0 aliphatic carbocycles. The van der Waals surface area contributed by atoms with Crippen molar-refractivity contribution in [3.05, 3.63) is 84.7 Å². The van der Waals surface area contributed by atoms with Gasteiger partial charge in [0, 0.05) is 18.9 Å². The van der Waals surface area contributed by atoms with E-state index in [4.69, 9.17) is 9.47 Å². The number of aromatic nitrogens is 2. The first kappa shape index (κ1) is 19.2. The molecule has 0 saturated carbocycles. The summed E-state index contributed by atoms with van der Waals surface area (Å²) in [6, 6.07) is 15.3. The van der Waals surface area contributed by atoms with Crippen molar-refractivity contribution < 1.29 is 14.3 Å². The van der Waals surface area contributed by atoms with Gasteiger partial charge in [0.05, 0.1) is 12.8 Å². The molecule has 0 radical (unpaired) electrons. The fourth-order valence-electron chi connectivity index (χ4n) is 2.81. The maximum atomic E-state index is 12.2. The Hall–Kier alpha value is -3.54. The predicted octanol–water partition coefficient (Wildman–Crippen LogP) is 3.30. The van der Waals surface area contributed by atoms with Crippen molar-refractivity contribution in [3.8, 4) is 17.2 Å². The molecule has 0 atom stereocenters. The van der Waals surface area contributed by atoms with Crippen molar-refractivity contribution in [2.24, 2.45) is 0 Å². The maximum absolute atomic E-state index is 12.2. The van der Waals surface area contributed by atoms with E-state index in [0.717, 1.165) is 23.2 Å². The van der Waals surface area contributed by atoms with E-state index in [2.05, 4.69) is 17.0 Å². The van der Waals surface area contributed by atoms with Crippen LogP contribution in [-0.4, -0.2) is 29.4 Å². The Labute approximate surface area is 164 Å². The van der Waals surface area contributed by atoms with E-state index < -0.39 is 0 Å². The van der Waals surface area contributed by atoms with Gasteiger partial charge in [-0.3, -0.25) is 4.79 Å². The van der Waals surface area contributed by atoms with Gasteiger partial charge in [0.1, 0.15) is 0 Å². The van der Waals surface area contributed by atoms with E-state index in [1.807, 2.05) is 54.7 Å². The molecular weight excluding hydrogens is 354 g/mol. The zero-order valence-electron chi connectivity index (χ0n) is 15.8. The molecule has 1 aromatic heterocycles. The van der Waals surface area contributed by atoms with Crippen molar-refractivity contribution >= 4 is 5.91 Å². The topological polar surface area (TPSA) is 65.4 Å². The molecule has 3 aromatic rings. The van der Waals surface area contributed by atoms with Crippen LogP contribution in [0.5, 0.6) is 11.5 Å². The number of para-hydroxylation sites is 1. The summed E-state index contributed by atoms with van der Waals surface area (Å²) in [5, 5.41) is 7.13. The third-order valence-electron chi connectivity index (χ3n) is 4.19. The van der Waals surface area contributed by atoms with E-state index >= 15 is 0 Å². The SMILES string of the molecule is C=CCc1ccc(OCC(=O)NCc2ccccc2-n2cccn2)c(OC)c1. The number of hydrogen-bond donors (Lipinski definition) is 1. The van der Waals surface area contributed by atoms with Gasteiger partial charge in [0.15, 0.2) is 18.1 Å². The number of amides is 1. The van der Waals surface area contributed by atoms with Gasteiger partial charge >= 0.3 is 0 Å².